The van der Waals surface area contributed by atoms with Gasteiger partial charge in [-0.05, 0) is 56.1 Å². The summed E-state index contributed by atoms with van der Waals surface area (Å²) in [4.78, 5) is 16.2. The molecule has 0 amide bonds. The molecule has 3 aromatic rings. The van der Waals surface area contributed by atoms with Crippen molar-refractivity contribution in [3.05, 3.63) is 23.4 Å². The number of aromatic nitrogens is 3. The summed E-state index contributed by atoms with van der Waals surface area (Å²) in [5.41, 5.74) is 3.74. The van der Waals surface area contributed by atoms with Gasteiger partial charge in [0.25, 0.3) is 11.7 Å². The Labute approximate surface area is 219 Å². The van der Waals surface area contributed by atoms with Crippen molar-refractivity contribution in [2.75, 3.05) is 38.2 Å². The molecule has 0 radical (unpaired) electrons. The maximum absolute atomic E-state index is 10.9. The van der Waals surface area contributed by atoms with Crippen LogP contribution in [0, 0.1) is 6.92 Å². The van der Waals surface area contributed by atoms with Crippen LogP contribution in [0.15, 0.2) is 16.7 Å². The highest BCUT2D eigenvalue weighted by Gasteiger charge is 2.37. The minimum Gasteiger partial charge on any atom is -0.507 e. The number of nitrogens with zero attached hydrogens (tertiary/aromatic N) is 4. The normalized spacial score (nSPS) is 18.7. The minimum absolute atomic E-state index is 0.211. The first-order chi connectivity index (χ1) is 17.5. The largest absolute Gasteiger partial charge is 0.507 e. The Balaban J connectivity index is 1.25. The monoisotopic (exact) mass is 525 g/mol. The average molecular weight is 526 g/mol. The fourth-order valence-corrected chi connectivity index (χ4v) is 5.90. The van der Waals surface area contributed by atoms with E-state index in [9.17, 15) is 5.11 Å². The van der Waals surface area contributed by atoms with Crippen molar-refractivity contribution in [2.24, 2.45) is 0 Å². The van der Waals surface area contributed by atoms with E-state index in [4.69, 9.17) is 13.6 Å². The Kier molecular flexibility index (Phi) is 6.93. The zero-order valence-electron chi connectivity index (χ0n) is 22.8. The molecule has 4 heterocycles. The molecule has 2 N–H and O–H groups in total. The van der Waals surface area contributed by atoms with Crippen molar-refractivity contribution in [3.8, 4) is 22.8 Å². The second-order valence-corrected chi connectivity index (χ2v) is 16.6. The van der Waals surface area contributed by atoms with Crippen LogP contribution >= 0.6 is 0 Å². The molecule has 1 fully saturated rings. The number of fused-ring (bicyclic) bond motifs is 2. The van der Waals surface area contributed by atoms with Crippen LogP contribution in [0.1, 0.15) is 44.7 Å². The Morgan fingerprint density at radius 3 is 2.86 bits per heavy atom. The number of aryl methyl sites for hydroxylation is 1. The van der Waals surface area contributed by atoms with Crippen molar-refractivity contribution in [2.45, 2.75) is 71.1 Å². The van der Waals surface area contributed by atoms with Gasteiger partial charge in [0, 0.05) is 43.3 Å². The lowest BCUT2D eigenvalue weighted by atomic mass is 9.99. The fraction of sp³-hybridized carbons (Fsp3) is 0.593. The van der Waals surface area contributed by atoms with Crippen molar-refractivity contribution in [3.63, 3.8) is 0 Å². The third-order valence-corrected chi connectivity index (χ3v) is 12.6. The topological polar surface area (TPSA) is 106 Å². The summed E-state index contributed by atoms with van der Waals surface area (Å²) in [5.74, 6) is 0.955. The molecule has 0 spiro atoms. The SMILES string of the molecule is Cc1cc2c(c(O)c1-c1cnc3oc(N[C@@H]4CCCN(CCO[Si](C)(C)C(C)(C)C)C4)nc3n1)CCO2. The molecule has 1 atom stereocenters. The van der Waals surface area contributed by atoms with Gasteiger partial charge >= 0.3 is 0 Å². The number of ether oxygens (including phenoxy) is 1. The number of aromatic hydroxyl groups is 1. The van der Waals surface area contributed by atoms with E-state index in [2.05, 4.69) is 59.0 Å². The van der Waals surface area contributed by atoms with E-state index in [1.54, 1.807) is 6.20 Å². The number of phenols is 1. The van der Waals surface area contributed by atoms with Crippen LogP contribution in [0.25, 0.3) is 22.6 Å². The molecule has 2 aliphatic rings. The van der Waals surface area contributed by atoms with E-state index in [0.29, 0.717) is 41.7 Å². The first-order valence-corrected chi connectivity index (χ1v) is 16.2. The molecule has 37 heavy (non-hydrogen) atoms. The molecule has 1 saturated heterocycles. The zero-order chi connectivity index (χ0) is 26.4. The highest BCUT2D eigenvalue weighted by molar-refractivity contribution is 6.74. The van der Waals surface area contributed by atoms with Crippen LogP contribution in [0.4, 0.5) is 6.01 Å². The highest BCUT2D eigenvalue weighted by Crippen LogP contribution is 2.42. The summed E-state index contributed by atoms with van der Waals surface area (Å²) in [6.07, 6.45) is 4.48. The summed E-state index contributed by atoms with van der Waals surface area (Å²) in [5, 5.41) is 14.6. The summed E-state index contributed by atoms with van der Waals surface area (Å²) in [6, 6.07) is 2.61. The van der Waals surface area contributed by atoms with Crippen molar-refractivity contribution in [1.82, 2.24) is 19.9 Å². The molecule has 200 valence electrons. The van der Waals surface area contributed by atoms with Crippen LogP contribution in [0.2, 0.25) is 18.1 Å². The van der Waals surface area contributed by atoms with Crippen molar-refractivity contribution >= 4 is 25.7 Å². The van der Waals surface area contributed by atoms with Gasteiger partial charge in [0.1, 0.15) is 11.5 Å². The molecular formula is C27H39N5O4Si. The molecule has 0 unspecified atom stereocenters. The lowest BCUT2D eigenvalue weighted by Gasteiger charge is -2.38. The minimum atomic E-state index is -1.73. The fourth-order valence-electron chi connectivity index (χ4n) is 4.87. The highest BCUT2D eigenvalue weighted by atomic mass is 28.4. The predicted octanol–water partition coefficient (Wildman–Crippen LogP) is 5.13. The Hall–Kier alpha value is -2.69. The number of oxazole rings is 1. The first kappa shape index (κ1) is 25.9. The third kappa shape index (κ3) is 5.32. The molecule has 10 heteroatoms. The first-order valence-electron chi connectivity index (χ1n) is 13.3. The molecule has 0 aliphatic carbocycles. The van der Waals surface area contributed by atoms with Crippen molar-refractivity contribution < 1.29 is 18.7 Å². The lowest BCUT2D eigenvalue weighted by molar-refractivity contribution is 0.168. The van der Waals surface area contributed by atoms with Crippen LogP contribution in [0.5, 0.6) is 11.5 Å². The van der Waals surface area contributed by atoms with Gasteiger partial charge in [0.2, 0.25) is 5.65 Å². The van der Waals surface area contributed by atoms with Gasteiger partial charge in [0.15, 0.2) is 8.32 Å². The van der Waals surface area contributed by atoms with Crippen LogP contribution in [-0.2, 0) is 10.8 Å². The smallest absolute Gasteiger partial charge is 0.298 e. The number of nitrogens with one attached hydrogen (secondary N) is 1. The Morgan fingerprint density at radius 2 is 2.08 bits per heavy atom. The Morgan fingerprint density at radius 1 is 1.27 bits per heavy atom. The van der Waals surface area contributed by atoms with Gasteiger partial charge in [-0.25, -0.2) is 9.97 Å². The predicted molar refractivity (Wildman–Crippen MR) is 147 cm³/mol. The molecule has 9 nitrogen and oxygen atoms in total. The molecule has 2 aromatic heterocycles. The van der Waals surface area contributed by atoms with Gasteiger partial charge in [-0.15, -0.1) is 0 Å². The number of phenolic OH excluding ortho intramolecular Hbond substituents is 1. The zero-order valence-corrected chi connectivity index (χ0v) is 23.8. The van der Waals surface area contributed by atoms with Gasteiger partial charge in [-0.3, -0.25) is 4.90 Å². The molecule has 5 rings (SSSR count). The average Bonchev–Trinajstić information content (AvgIpc) is 3.44. The third-order valence-electron chi connectivity index (χ3n) is 8.06. The van der Waals surface area contributed by atoms with Crippen molar-refractivity contribution in [1.29, 1.82) is 0 Å². The maximum atomic E-state index is 10.9. The van der Waals surface area contributed by atoms with Gasteiger partial charge in [-0.2, -0.15) is 4.98 Å². The summed E-state index contributed by atoms with van der Waals surface area (Å²) in [7, 11) is -1.73. The number of likely N-dealkylation sites (tertiary alicyclic amines) is 1. The summed E-state index contributed by atoms with van der Waals surface area (Å²) < 4.78 is 17.9. The Bertz CT molecular complexity index is 1290. The molecule has 1 aromatic carbocycles. The van der Waals surface area contributed by atoms with E-state index in [1.807, 2.05) is 13.0 Å². The van der Waals surface area contributed by atoms with Gasteiger partial charge in [0.05, 0.1) is 18.5 Å². The molecular weight excluding hydrogens is 486 g/mol. The molecule has 0 bridgehead atoms. The number of piperidine rings is 1. The maximum Gasteiger partial charge on any atom is 0.298 e. The number of rotatable bonds is 7. The lowest BCUT2D eigenvalue weighted by Crippen LogP contribution is -2.46. The standard InChI is InChI=1S/C27H39N5O4Si/c1-17-14-21-19(9-12-34-21)23(33)22(17)20-15-28-25-24(30-20)31-26(36-25)29-18-8-7-10-32(16-18)11-13-35-37(5,6)27(2,3)4/h14-15,18,33H,7-13,16H2,1-6H3,(H,29,30,31)/t18-/m1/s1. The number of hydrogen-bond donors (Lipinski definition) is 2. The second-order valence-electron chi connectivity index (χ2n) is 11.8. The number of anilines is 1. The van der Waals surface area contributed by atoms with E-state index in [1.165, 1.54) is 0 Å². The quantitative estimate of drug-likeness (QED) is 0.406. The van der Waals surface area contributed by atoms with Crippen LogP contribution in [-0.4, -0.2) is 72.2 Å². The number of hydrogen-bond acceptors (Lipinski definition) is 9. The van der Waals surface area contributed by atoms with E-state index in [0.717, 1.165) is 56.0 Å². The van der Waals surface area contributed by atoms with E-state index in [-0.39, 0.29) is 16.8 Å². The number of benzene rings is 1. The van der Waals surface area contributed by atoms with Crippen LogP contribution < -0.4 is 10.1 Å². The van der Waals surface area contributed by atoms with Gasteiger partial charge < -0.3 is 24.0 Å². The second kappa shape index (κ2) is 9.88. The summed E-state index contributed by atoms with van der Waals surface area (Å²) >= 11 is 0. The van der Waals surface area contributed by atoms with E-state index < -0.39 is 8.32 Å². The van der Waals surface area contributed by atoms with Gasteiger partial charge in [-0.1, -0.05) is 20.8 Å². The summed E-state index contributed by atoms with van der Waals surface area (Å²) in [6.45, 7) is 17.6. The van der Waals surface area contributed by atoms with Crippen LogP contribution in [0.3, 0.4) is 0 Å². The molecule has 2 aliphatic heterocycles. The van der Waals surface area contributed by atoms with E-state index >= 15 is 0 Å². The molecule has 0 saturated carbocycles.